The van der Waals surface area contributed by atoms with Crippen molar-refractivity contribution in [3.63, 3.8) is 0 Å². The van der Waals surface area contributed by atoms with Crippen LogP contribution in [0, 0.1) is 5.92 Å². The molecule has 1 amide bonds. The van der Waals surface area contributed by atoms with Crippen LogP contribution in [-0.2, 0) is 17.8 Å². The number of aromatic nitrogens is 1. The highest BCUT2D eigenvalue weighted by atomic mass is 16.5. The predicted octanol–water partition coefficient (Wildman–Crippen LogP) is 2.83. The fourth-order valence-corrected chi connectivity index (χ4v) is 3.33. The lowest BCUT2D eigenvalue weighted by molar-refractivity contribution is -0.138. The van der Waals surface area contributed by atoms with E-state index in [0.29, 0.717) is 19.2 Å². The third-order valence-electron chi connectivity index (χ3n) is 4.90. The number of amides is 1. The van der Waals surface area contributed by atoms with Gasteiger partial charge in [0.1, 0.15) is 18.1 Å². The summed E-state index contributed by atoms with van der Waals surface area (Å²) in [5, 5.41) is 0. The zero-order valence-electron chi connectivity index (χ0n) is 14.4. The summed E-state index contributed by atoms with van der Waals surface area (Å²) < 4.78 is 11.1. The third kappa shape index (κ3) is 3.45. The lowest BCUT2D eigenvalue weighted by Crippen LogP contribution is -2.41. The maximum Gasteiger partial charge on any atom is 0.230 e. The van der Waals surface area contributed by atoms with Crippen LogP contribution in [-0.4, -0.2) is 35.5 Å². The highest BCUT2D eigenvalue weighted by molar-refractivity contribution is 5.80. The minimum Gasteiger partial charge on any atom is -0.497 e. The zero-order valence-corrected chi connectivity index (χ0v) is 14.4. The van der Waals surface area contributed by atoms with Gasteiger partial charge in [-0.2, -0.15) is 0 Å². The summed E-state index contributed by atoms with van der Waals surface area (Å²) >= 11 is 0. The molecule has 5 nitrogen and oxygen atoms in total. The van der Waals surface area contributed by atoms with Gasteiger partial charge in [-0.1, -0.05) is 6.07 Å². The average molecular weight is 338 g/mol. The molecule has 25 heavy (non-hydrogen) atoms. The second kappa shape index (κ2) is 6.75. The molecule has 0 spiro atoms. The average Bonchev–Trinajstić information content (AvgIpc) is 3.50. The second-order valence-electron chi connectivity index (χ2n) is 6.74. The summed E-state index contributed by atoms with van der Waals surface area (Å²) in [5.41, 5.74) is 2.20. The van der Waals surface area contributed by atoms with Gasteiger partial charge in [0.25, 0.3) is 0 Å². The minimum atomic E-state index is -0.122. The Bertz CT molecular complexity index is 759. The molecule has 2 aliphatic rings. The van der Waals surface area contributed by atoms with Crippen molar-refractivity contribution in [2.45, 2.75) is 31.8 Å². The molecular weight excluding hydrogens is 316 g/mol. The number of hydrogen-bond acceptors (Lipinski definition) is 4. The summed E-state index contributed by atoms with van der Waals surface area (Å²) in [6, 6.07) is 10.1. The number of nitrogens with zero attached hydrogens (tertiary/aromatic N) is 2. The first kappa shape index (κ1) is 15.9. The summed E-state index contributed by atoms with van der Waals surface area (Å²) in [6.07, 6.45) is 6.46. The van der Waals surface area contributed by atoms with Crippen molar-refractivity contribution in [2.75, 3.05) is 13.7 Å². The molecular formula is C20H22N2O3. The number of methoxy groups -OCH3 is 1. The van der Waals surface area contributed by atoms with Crippen molar-refractivity contribution < 1.29 is 14.3 Å². The van der Waals surface area contributed by atoms with Crippen LogP contribution in [0.3, 0.4) is 0 Å². The van der Waals surface area contributed by atoms with E-state index in [1.165, 1.54) is 0 Å². The van der Waals surface area contributed by atoms with Crippen LogP contribution in [0.5, 0.6) is 11.5 Å². The fourth-order valence-electron chi connectivity index (χ4n) is 3.33. The molecule has 0 radical (unpaired) electrons. The second-order valence-corrected chi connectivity index (χ2v) is 6.74. The molecule has 1 aliphatic heterocycles. The summed E-state index contributed by atoms with van der Waals surface area (Å²) in [4.78, 5) is 19.2. The highest BCUT2D eigenvalue weighted by Gasteiger charge is 2.37. The molecule has 1 fully saturated rings. The van der Waals surface area contributed by atoms with Crippen LogP contribution in [0.15, 0.2) is 42.7 Å². The first-order valence-corrected chi connectivity index (χ1v) is 8.73. The molecule has 4 rings (SSSR count). The van der Waals surface area contributed by atoms with E-state index in [4.69, 9.17) is 9.47 Å². The van der Waals surface area contributed by atoms with E-state index >= 15 is 0 Å². The van der Waals surface area contributed by atoms with E-state index in [1.807, 2.05) is 35.2 Å². The quantitative estimate of drug-likeness (QED) is 0.841. The molecule has 0 N–H and O–H groups in total. The van der Waals surface area contributed by atoms with E-state index in [9.17, 15) is 4.79 Å². The predicted molar refractivity (Wildman–Crippen MR) is 93.5 cm³/mol. The number of ether oxygens (including phenoxy) is 2. The number of carbonyl (C=O) groups excluding carboxylic acids is 1. The van der Waals surface area contributed by atoms with Gasteiger partial charge in [0.2, 0.25) is 5.91 Å². The summed E-state index contributed by atoms with van der Waals surface area (Å²) in [7, 11) is 1.64. The van der Waals surface area contributed by atoms with Crippen LogP contribution in [0.4, 0.5) is 0 Å². The highest BCUT2D eigenvalue weighted by Crippen LogP contribution is 2.34. The Balaban J connectivity index is 1.49. The van der Waals surface area contributed by atoms with Gasteiger partial charge in [0.05, 0.1) is 13.0 Å². The normalized spacial score (nSPS) is 18.8. The van der Waals surface area contributed by atoms with E-state index in [1.54, 1.807) is 19.5 Å². The molecule has 2 heterocycles. The maximum absolute atomic E-state index is 13.1. The molecule has 0 bridgehead atoms. The van der Waals surface area contributed by atoms with Gasteiger partial charge in [-0.15, -0.1) is 0 Å². The van der Waals surface area contributed by atoms with Crippen LogP contribution in [0.25, 0.3) is 0 Å². The van der Waals surface area contributed by atoms with Crippen LogP contribution < -0.4 is 9.47 Å². The standard InChI is InChI=1S/C20H22N2O3/c1-24-18-5-2-15-10-16(13-25-19(15)11-18)20(23)22(17-3-4-17)12-14-6-8-21-9-7-14/h2,5-9,11,16-17H,3-4,10,12-13H2,1H3. The van der Waals surface area contributed by atoms with E-state index in [0.717, 1.165) is 41.9 Å². The first-order chi connectivity index (χ1) is 12.2. The number of benzene rings is 1. The van der Waals surface area contributed by atoms with E-state index in [2.05, 4.69) is 4.98 Å². The number of fused-ring (bicyclic) bond motifs is 1. The van der Waals surface area contributed by atoms with E-state index < -0.39 is 0 Å². The Hall–Kier alpha value is -2.56. The number of rotatable bonds is 5. The van der Waals surface area contributed by atoms with Crippen LogP contribution in [0.2, 0.25) is 0 Å². The maximum atomic E-state index is 13.1. The molecule has 2 aromatic rings. The van der Waals surface area contributed by atoms with Gasteiger partial charge in [0, 0.05) is 31.0 Å². The van der Waals surface area contributed by atoms with E-state index in [-0.39, 0.29) is 11.8 Å². The van der Waals surface area contributed by atoms with Gasteiger partial charge in [-0.05, 0) is 48.6 Å². The van der Waals surface area contributed by atoms with Gasteiger partial charge in [-0.25, -0.2) is 0 Å². The number of pyridine rings is 1. The Kier molecular flexibility index (Phi) is 4.30. The Morgan fingerprint density at radius 3 is 2.80 bits per heavy atom. The van der Waals surface area contributed by atoms with Crippen LogP contribution >= 0.6 is 0 Å². The van der Waals surface area contributed by atoms with Crippen molar-refractivity contribution >= 4 is 5.91 Å². The lowest BCUT2D eigenvalue weighted by atomic mass is 9.95. The summed E-state index contributed by atoms with van der Waals surface area (Å²) in [5.74, 6) is 1.68. The SMILES string of the molecule is COc1ccc2c(c1)OCC(C(=O)N(Cc1ccncc1)C1CC1)C2. The number of carbonyl (C=O) groups is 1. The topological polar surface area (TPSA) is 51.7 Å². The molecule has 1 aliphatic carbocycles. The monoisotopic (exact) mass is 338 g/mol. The summed E-state index contributed by atoms with van der Waals surface area (Å²) in [6.45, 7) is 1.08. The van der Waals surface area contributed by atoms with Gasteiger partial charge < -0.3 is 14.4 Å². The molecule has 130 valence electrons. The zero-order chi connectivity index (χ0) is 17.2. The van der Waals surface area contributed by atoms with Gasteiger partial charge >= 0.3 is 0 Å². The Morgan fingerprint density at radius 1 is 1.28 bits per heavy atom. The lowest BCUT2D eigenvalue weighted by Gasteiger charge is -2.30. The van der Waals surface area contributed by atoms with Crippen molar-refractivity contribution in [3.05, 3.63) is 53.9 Å². The molecule has 1 saturated carbocycles. The Morgan fingerprint density at radius 2 is 2.08 bits per heavy atom. The van der Waals surface area contributed by atoms with Gasteiger partial charge in [0.15, 0.2) is 0 Å². The molecule has 5 heteroatoms. The smallest absolute Gasteiger partial charge is 0.230 e. The largest absolute Gasteiger partial charge is 0.497 e. The molecule has 1 atom stereocenters. The minimum absolute atomic E-state index is 0.122. The van der Waals surface area contributed by atoms with Crippen LogP contribution in [0.1, 0.15) is 24.0 Å². The first-order valence-electron chi connectivity index (χ1n) is 8.73. The number of hydrogen-bond donors (Lipinski definition) is 0. The Labute approximate surface area is 147 Å². The van der Waals surface area contributed by atoms with Crippen molar-refractivity contribution in [1.29, 1.82) is 0 Å². The van der Waals surface area contributed by atoms with Gasteiger partial charge in [-0.3, -0.25) is 9.78 Å². The fraction of sp³-hybridized carbons (Fsp3) is 0.400. The molecule has 1 unspecified atom stereocenters. The third-order valence-corrected chi connectivity index (χ3v) is 4.90. The molecule has 0 saturated heterocycles. The van der Waals surface area contributed by atoms with Crippen molar-refractivity contribution in [3.8, 4) is 11.5 Å². The van der Waals surface area contributed by atoms with Crippen molar-refractivity contribution in [2.24, 2.45) is 5.92 Å². The molecule has 1 aromatic heterocycles. The van der Waals surface area contributed by atoms with Crippen molar-refractivity contribution in [1.82, 2.24) is 9.88 Å². The molecule has 1 aromatic carbocycles.